The van der Waals surface area contributed by atoms with Crippen LogP contribution in [0, 0.1) is 12.8 Å². The average molecular weight is 384 g/mol. The van der Waals surface area contributed by atoms with Crippen molar-refractivity contribution in [3.05, 3.63) is 95.6 Å². The molecule has 0 spiro atoms. The van der Waals surface area contributed by atoms with Gasteiger partial charge in [-0.1, -0.05) is 66.2 Å². The molecule has 0 aliphatic carbocycles. The summed E-state index contributed by atoms with van der Waals surface area (Å²) in [6, 6.07) is 25.9. The summed E-state index contributed by atoms with van der Waals surface area (Å²) in [6.07, 6.45) is 0.983. The Balaban J connectivity index is 1.46. The van der Waals surface area contributed by atoms with Crippen molar-refractivity contribution in [3.63, 3.8) is 0 Å². The van der Waals surface area contributed by atoms with E-state index in [1.807, 2.05) is 73.7 Å². The Hall–Kier alpha value is -3.40. The number of aryl methyl sites for hydroxylation is 1. The third-order valence-corrected chi connectivity index (χ3v) is 5.35. The van der Waals surface area contributed by atoms with Crippen LogP contribution < -0.4 is 10.2 Å². The van der Waals surface area contributed by atoms with Gasteiger partial charge in [0.25, 0.3) is 0 Å². The summed E-state index contributed by atoms with van der Waals surface area (Å²) in [5, 5.41) is 3.06. The number of amides is 2. The molecular formula is C25H24N2O2. The maximum absolute atomic E-state index is 12.9. The van der Waals surface area contributed by atoms with Crippen molar-refractivity contribution in [2.24, 2.45) is 5.92 Å². The Labute approximate surface area is 171 Å². The predicted molar refractivity (Wildman–Crippen MR) is 116 cm³/mol. The monoisotopic (exact) mass is 384 g/mol. The van der Waals surface area contributed by atoms with E-state index in [2.05, 4.69) is 17.4 Å². The Morgan fingerprint density at radius 1 is 0.966 bits per heavy atom. The van der Waals surface area contributed by atoms with Gasteiger partial charge in [0.15, 0.2) is 0 Å². The Kier molecular flexibility index (Phi) is 5.43. The molecule has 0 saturated carbocycles. The lowest BCUT2D eigenvalue weighted by Crippen LogP contribution is -2.28. The molecular weight excluding hydrogens is 360 g/mol. The number of hydrogen-bond acceptors (Lipinski definition) is 2. The number of carbonyl (C=O) groups is 2. The molecule has 1 saturated heterocycles. The van der Waals surface area contributed by atoms with Crippen molar-refractivity contribution in [1.29, 1.82) is 0 Å². The van der Waals surface area contributed by atoms with E-state index in [1.165, 1.54) is 5.56 Å². The van der Waals surface area contributed by atoms with Crippen LogP contribution >= 0.6 is 0 Å². The SMILES string of the molecule is Cc1ccc(N2C[C@H](C(=O)Nc3ccccc3Cc3ccccc3)CC2=O)cc1. The lowest BCUT2D eigenvalue weighted by atomic mass is 10.0. The summed E-state index contributed by atoms with van der Waals surface area (Å²) < 4.78 is 0. The standard InChI is InChI=1S/C25H24N2O2/c1-18-11-13-22(14-12-18)27-17-21(16-24(27)28)25(29)26-23-10-6-5-9-20(23)15-19-7-3-2-4-8-19/h2-14,21H,15-17H2,1H3,(H,26,29)/t21-/m1/s1. The Bertz CT molecular complexity index is 1010. The molecule has 146 valence electrons. The van der Waals surface area contributed by atoms with Crippen molar-refractivity contribution >= 4 is 23.2 Å². The summed E-state index contributed by atoms with van der Waals surface area (Å²) in [6.45, 7) is 2.42. The average Bonchev–Trinajstić information content (AvgIpc) is 3.13. The molecule has 1 atom stereocenters. The number of benzene rings is 3. The number of carbonyl (C=O) groups excluding carboxylic acids is 2. The maximum atomic E-state index is 12.9. The largest absolute Gasteiger partial charge is 0.326 e. The van der Waals surface area contributed by atoms with Gasteiger partial charge in [-0.2, -0.15) is 0 Å². The molecule has 1 N–H and O–H groups in total. The quantitative estimate of drug-likeness (QED) is 0.700. The highest BCUT2D eigenvalue weighted by molar-refractivity contribution is 6.03. The van der Waals surface area contributed by atoms with Crippen molar-refractivity contribution in [3.8, 4) is 0 Å². The fraction of sp³-hybridized carbons (Fsp3) is 0.200. The first-order valence-electron chi connectivity index (χ1n) is 9.90. The van der Waals surface area contributed by atoms with Crippen LogP contribution in [-0.2, 0) is 16.0 Å². The van der Waals surface area contributed by atoms with Gasteiger partial charge in [-0.15, -0.1) is 0 Å². The van der Waals surface area contributed by atoms with Crippen LogP contribution in [0.5, 0.6) is 0 Å². The zero-order chi connectivity index (χ0) is 20.2. The zero-order valence-corrected chi connectivity index (χ0v) is 16.5. The van der Waals surface area contributed by atoms with Gasteiger partial charge in [0.05, 0.1) is 5.92 Å². The number of nitrogens with one attached hydrogen (secondary N) is 1. The van der Waals surface area contributed by atoms with Gasteiger partial charge in [0.2, 0.25) is 11.8 Å². The van der Waals surface area contributed by atoms with Crippen LogP contribution in [0.15, 0.2) is 78.9 Å². The molecule has 4 rings (SSSR count). The number of anilines is 2. The van der Waals surface area contributed by atoms with Gasteiger partial charge in [-0.05, 0) is 42.7 Å². The lowest BCUT2D eigenvalue weighted by molar-refractivity contribution is -0.122. The van der Waals surface area contributed by atoms with Gasteiger partial charge < -0.3 is 10.2 Å². The van der Waals surface area contributed by atoms with Crippen LogP contribution in [0.1, 0.15) is 23.1 Å². The third-order valence-electron chi connectivity index (χ3n) is 5.35. The summed E-state index contributed by atoms with van der Waals surface area (Å²) in [5.74, 6) is -0.464. The van der Waals surface area contributed by atoms with Crippen LogP contribution in [0.25, 0.3) is 0 Å². The fourth-order valence-corrected chi connectivity index (χ4v) is 3.70. The van der Waals surface area contributed by atoms with E-state index in [0.29, 0.717) is 6.54 Å². The minimum atomic E-state index is -0.353. The van der Waals surface area contributed by atoms with Gasteiger partial charge in [-0.3, -0.25) is 9.59 Å². The Morgan fingerprint density at radius 2 is 1.66 bits per heavy atom. The van der Waals surface area contributed by atoms with Gasteiger partial charge >= 0.3 is 0 Å². The molecule has 1 aliphatic heterocycles. The molecule has 1 fully saturated rings. The van der Waals surface area contributed by atoms with Gasteiger partial charge in [0, 0.05) is 24.3 Å². The van der Waals surface area contributed by atoms with E-state index in [9.17, 15) is 9.59 Å². The first-order valence-corrected chi connectivity index (χ1v) is 9.90. The van der Waals surface area contributed by atoms with Crippen molar-refractivity contribution in [2.45, 2.75) is 19.8 Å². The second-order valence-electron chi connectivity index (χ2n) is 7.55. The molecule has 2 amide bonds. The van der Waals surface area contributed by atoms with E-state index in [0.717, 1.165) is 28.9 Å². The molecule has 1 heterocycles. The van der Waals surface area contributed by atoms with Gasteiger partial charge in [0.1, 0.15) is 0 Å². The highest BCUT2D eigenvalue weighted by atomic mass is 16.2. The summed E-state index contributed by atoms with van der Waals surface area (Å²) in [4.78, 5) is 27.1. The van der Waals surface area contributed by atoms with Gasteiger partial charge in [-0.25, -0.2) is 0 Å². The highest BCUT2D eigenvalue weighted by Gasteiger charge is 2.35. The molecule has 4 heteroatoms. The minimum Gasteiger partial charge on any atom is -0.326 e. The molecule has 4 nitrogen and oxygen atoms in total. The summed E-state index contributed by atoms with van der Waals surface area (Å²) >= 11 is 0. The molecule has 0 aromatic heterocycles. The smallest absolute Gasteiger partial charge is 0.229 e. The highest BCUT2D eigenvalue weighted by Crippen LogP contribution is 2.27. The molecule has 0 bridgehead atoms. The van der Waals surface area contributed by atoms with E-state index >= 15 is 0 Å². The van der Waals surface area contributed by atoms with Crippen LogP contribution in [0.2, 0.25) is 0 Å². The third kappa shape index (κ3) is 4.37. The van der Waals surface area contributed by atoms with Crippen LogP contribution in [0.4, 0.5) is 11.4 Å². The number of hydrogen-bond donors (Lipinski definition) is 1. The van der Waals surface area contributed by atoms with Crippen LogP contribution in [-0.4, -0.2) is 18.4 Å². The van der Waals surface area contributed by atoms with E-state index in [1.54, 1.807) is 4.90 Å². The molecule has 29 heavy (non-hydrogen) atoms. The van der Waals surface area contributed by atoms with E-state index < -0.39 is 0 Å². The number of nitrogens with zero attached hydrogens (tertiary/aromatic N) is 1. The molecule has 3 aromatic rings. The number of para-hydroxylation sites is 1. The minimum absolute atomic E-state index is 0.00780. The molecule has 3 aromatic carbocycles. The topological polar surface area (TPSA) is 49.4 Å². The molecule has 0 radical (unpaired) electrons. The first-order chi connectivity index (χ1) is 14.1. The van der Waals surface area contributed by atoms with Crippen LogP contribution in [0.3, 0.4) is 0 Å². The zero-order valence-electron chi connectivity index (χ0n) is 16.5. The van der Waals surface area contributed by atoms with E-state index in [4.69, 9.17) is 0 Å². The second kappa shape index (κ2) is 8.31. The van der Waals surface area contributed by atoms with Crippen molar-refractivity contribution < 1.29 is 9.59 Å². The fourth-order valence-electron chi connectivity index (χ4n) is 3.70. The Morgan fingerprint density at radius 3 is 2.41 bits per heavy atom. The van der Waals surface area contributed by atoms with Crippen molar-refractivity contribution in [1.82, 2.24) is 0 Å². The normalized spacial score (nSPS) is 16.1. The molecule has 1 aliphatic rings. The summed E-state index contributed by atoms with van der Waals surface area (Å²) in [7, 11) is 0. The van der Waals surface area contributed by atoms with E-state index in [-0.39, 0.29) is 24.2 Å². The summed E-state index contributed by atoms with van der Waals surface area (Å²) in [5.41, 5.74) is 5.05. The van der Waals surface area contributed by atoms with Crippen molar-refractivity contribution in [2.75, 3.05) is 16.8 Å². The molecule has 0 unspecified atom stereocenters. The predicted octanol–water partition coefficient (Wildman–Crippen LogP) is 4.58. The second-order valence-corrected chi connectivity index (χ2v) is 7.55. The lowest BCUT2D eigenvalue weighted by Gasteiger charge is -2.17. The first kappa shape index (κ1) is 18.9. The number of rotatable bonds is 5. The maximum Gasteiger partial charge on any atom is 0.229 e.